The molecule has 46 heavy (non-hydrogen) atoms. The Hall–Kier alpha value is -5.86. The maximum atomic E-state index is 2.52. The second-order valence-corrected chi connectivity index (χ2v) is 12.5. The largest absolute Gasteiger partial charge is 0.313 e. The second kappa shape index (κ2) is 9.82. The molecule has 0 saturated heterocycles. The van der Waals surface area contributed by atoms with Crippen molar-refractivity contribution in [1.82, 2.24) is 9.13 Å². The van der Waals surface area contributed by atoms with Crippen molar-refractivity contribution < 1.29 is 0 Å². The van der Waals surface area contributed by atoms with Gasteiger partial charge in [-0.2, -0.15) is 0 Å². The molecule has 0 spiro atoms. The van der Waals surface area contributed by atoms with E-state index in [0.29, 0.717) is 0 Å². The molecule has 1 aliphatic rings. The molecule has 0 atom stereocenters. The number of nitrogens with zero attached hydrogens (tertiary/aromatic N) is 2. The molecule has 0 amide bonds. The van der Waals surface area contributed by atoms with E-state index in [4.69, 9.17) is 0 Å². The molecule has 0 radical (unpaired) electrons. The van der Waals surface area contributed by atoms with Gasteiger partial charge >= 0.3 is 0 Å². The lowest BCUT2D eigenvalue weighted by Crippen LogP contribution is -2.03. The molecule has 2 heteroatoms. The van der Waals surface area contributed by atoms with Crippen molar-refractivity contribution in [2.75, 3.05) is 0 Å². The zero-order chi connectivity index (χ0) is 30.2. The minimum atomic E-state index is 1.03. The van der Waals surface area contributed by atoms with Gasteiger partial charge in [-0.25, -0.2) is 0 Å². The van der Waals surface area contributed by atoms with Crippen molar-refractivity contribution in [1.29, 1.82) is 0 Å². The molecule has 0 unspecified atom stereocenters. The maximum absolute atomic E-state index is 2.52. The molecule has 9 aromatic rings. The fourth-order valence-corrected chi connectivity index (χ4v) is 7.84. The Morgan fingerprint density at radius 2 is 1.15 bits per heavy atom. The summed E-state index contributed by atoms with van der Waals surface area (Å²) in [5.74, 6) is 0. The molecule has 1 aliphatic carbocycles. The van der Waals surface area contributed by atoms with Crippen molar-refractivity contribution in [3.8, 4) is 22.5 Å². The van der Waals surface area contributed by atoms with Crippen LogP contribution >= 0.6 is 0 Å². The van der Waals surface area contributed by atoms with E-state index in [-0.39, 0.29) is 0 Å². The number of para-hydroxylation sites is 1. The summed E-state index contributed by atoms with van der Waals surface area (Å²) < 4.78 is 4.97. The highest BCUT2D eigenvalue weighted by atomic mass is 15.0. The standard InChI is InChI=1S/C44H30N2/c1-2-12-32-26-34(25-20-29(32)10-1)46-42-19-8-6-16-38(42)40-27-39-37-15-5-7-18-41(37)45(43(39)28-44(40)46)33-23-21-31(22-24-33)36-17-9-13-30-11-3-4-14-35(30)36/h1-6,8-17,19-28H,7,18H2. The van der Waals surface area contributed by atoms with Crippen molar-refractivity contribution in [2.24, 2.45) is 0 Å². The predicted molar refractivity (Wildman–Crippen MR) is 195 cm³/mol. The van der Waals surface area contributed by atoms with E-state index in [1.54, 1.807) is 0 Å². The van der Waals surface area contributed by atoms with Gasteiger partial charge in [0.15, 0.2) is 0 Å². The Morgan fingerprint density at radius 1 is 0.435 bits per heavy atom. The monoisotopic (exact) mass is 586 g/mol. The molecule has 0 aliphatic heterocycles. The molecular formula is C44H30N2. The van der Waals surface area contributed by atoms with Crippen LogP contribution in [0.4, 0.5) is 0 Å². The second-order valence-electron chi connectivity index (χ2n) is 12.5. The van der Waals surface area contributed by atoms with Crippen LogP contribution in [0, 0.1) is 0 Å². The van der Waals surface area contributed by atoms with Gasteiger partial charge in [0.05, 0.1) is 16.6 Å². The summed E-state index contributed by atoms with van der Waals surface area (Å²) in [5.41, 5.74) is 11.4. The first kappa shape index (κ1) is 25.5. The van der Waals surface area contributed by atoms with Gasteiger partial charge in [-0.3, -0.25) is 0 Å². The maximum Gasteiger partial charge on any atom is 0.0562 e. The Kier molecular flexibility index (Phi) is 5.44. The van der Waals surface area contributed by atoms with E-state index in [1.807, 2.05) is 0 Å². The fraction of sp³-hybridized carbons (Fsp3) is 0.0455. The van der Waals surface area contributed by atoms with Crippen LogP contribution < -0.4 is 0 Å². The fourth-order valence-electron chi connectivity index (χ4n) is 7.84. The Labute approximate surface area is 267 Å². The van der Waals surface area contributed by atoms with Crippen LogP contribution in [0.2, 0.25) is 0 Å². The number of allylic oxidation sites excluding steroid dienone is 1. The lowest BCUT2D eigenvalue weighted by Gasteiger charge is -2.15. The average molecular weight is 587 g/mol. The summed E-state index contributed by atoms with van der Waals surface area (Å²) in [4.78, 5) is 0. The van der Waals surface area contributed by atoms with Crippen LogP contribution in [-0.4, -0.2) is 9.13 Å². The number of aromatic nitrogens is 2. The number of fused-ring (bicyclic) bond motifs is 8. The normalized spacial score (nSPS) is 13.0. The van der Waals surface area contributed by atoms with Gasteiger partial charge in [0.1, 0.15) is 0 Å². The van der Waals surface area contributed by atoms with Crippen molar-refractivity contribution in [3.05, 3.63) is 163 Å². The third-order valence-corrected chi connectivity index (χ3v) is 9.95. The molecule has 0 bridgehead atoms. The molecule has 0 N–H and O–H groups in total. The number of hydrogen-bond donors (Lipinski definition) is 0. The average Bonchev–Trinajstić information content (AvgIpc) is 3.62. The zero-order valence-corrected chi connectivity index (χ0v) is 25.3. The van der Waals surface area contributed by atoms with Crippen LogP contribution in [0.5, 0.6) is 0 Å². The molecule has 0 fully saturated rings. The zero-order valence-electron chi connectivity index (χ0n) is 25.3. The molecule has 0 saturated carbocycles. The van der Waals surface area contributed by atoms with Gasteiger partial charge in [-0.1, -0.05) is 115 Å². The summed E-state index contributed by atoms with van der Waals surface area (Å²) in [5, 5.41) is 8.97. The van der Waals surface area contributed by atoms with Gasteiger partial charge in [-0.15, -0.1) is 0 Å². The molecule has 2 heterocycles. The molecule has 7 aromatic carbocycles. The third-order valence-electron chi connectivity index (χ3n) is 9.95. The van der Waals surface area contributed by atoms with E-state index < -0.39 is 0 Å². The molecule has 2 aromatic heterocycles. The van der Waals surface area contributed by atoms with Crippen LogP contribution in [0.1, 0.15) is 17.7 Å². The van der Waals surface area contributed by atoms with E-state index in [9.17, 15) is 0 Å². The van der Waals surface area contributed by atoms with E-state index in [0.717, 1.165) is 12.8 Å². The van der Waals surface area contributed by atoms with Gasteiger partial charge in [-0.05, 0) is 88.0 Å². The highest BCUT2D eigenvalue weighted by molar-refractivity contribution is 6.15. The van der Waals surface area contributed by atoms with E-state index in [1.165, 1.54) is 88.0 Å². The predicted octanol–water partition coefficient (Wildman–Crippen LogP) is 11.7. The van der Waals surface area contributed by atoms with Crippen molar-refractivity contribution in [3.63, 3.8) is 0 Å². The van der Waals surface area contributed by atoms with Crippen LogP contribution in [0.25, 0.3) is 82.8 Å². The van der Waals surface area contributed by atoms with Crippen LogP contribution in [0.15, 0.2) is 152 Å². The third kappa shape index (κ3) is 3.71. The smallest absolute Gasteiger partial charge is 0.0562 e. The number of rotatable bonds is 3. The first-order valence-corrected chi connectivity index (χ1v) is 16.2. The van der Waals surface area contributed by atoms with Crippen LogP contribution in [-0.2, 0) is 6.42 Å². The summed E-state index contributed by atoms with van der Waals surface area (Å²) >= 11 is 0. The minimum absolute atomic E-state index is 1.03. The molecule has 2 nitrogen and oxygen atoms in total. The first-order chi connectivity index (χ1) is 22.8. The van der Waals surface area contributed by atoms with Gasteiger partial charge in [0.25, 0.3) is 0 Å². The minimum Gasteiger partial charge on any atom is -0.313 e. The van der Waals surface area contributed by atoms with Gasteiger partial charge in [0, 0.05) is 38.8 Å². The highest BCUT2D eigenvalue weighted by Gasteiger charge is 2.22. The highest BCUT2D eigenvalue weighted by Crippen LogP contribution is 2.41. The number of hydrogen-bond acceptors (Lipinski definition) is 0. The van der Waals surface area contributed by atoms with Crippen molar-refractivity contribution >= 4 is 60.3 Å². The summed E-state index contributed by atoms with van der Waals surface area (Å²) in [6.45, 7) is 0. The topological polar surface area (TPSA) is 9.86 Å². The lowest BCUT2D eigenvalue weighted by atomic mass is 9.98. The summed E-state index contributed by atoms with van der Waals surface area (Å²) in [6, 6.07) is 53.6. The summed E-state index contributed by atoms with van der Waals surface area (Å²) in [6.07, 6.45) is 6.76. The van der Waals surface area contributed by atoms with E-state index in [2.05, 4.69) is 167 Å². The quantitative estimate of drug-likeness (QED) is 0.195. The molecular weight excluding hydrogens is 556 g/mol. The molecule has 10 rings (SSSR count). The summed E-state index contributed by atoms with van der Waals surface area (Å²) in [7, 11) is 0. The SMILES string of the molecule is C1=Cc2c(n(-c3ccc(-c4cccc5ccccc45)cc3)c3cc4c(cc23)c2ccccc2n4-c2ccc3ccccc3c2)CC1. The Balaban J connectivity index is 1.22. The number of benzene rings is 7. The van der Waals surface area contributed by atoms with Crippen LogP contribution in [0.3, 0.4) is 0 Å². The molecule has 216 valence electrons. The first-order valence-electron chi connectivity index (χ1n) is 16.2. The lowest BCUT2D eigenvalue weighted by molar-refractivity contribution is 0.889. The van der Waals surface area contributed by atoms with Gasteiger partial charge in [0.2, 0.25) is 0 Å². The Morgan fingerprint density at radius 3 is 2.04 bits per heavy atom. The Bertz CT molecular complexity index is 2680. The van der Waals surface area contributed by atoms with Gasteiger partial charge < -0.3 is 9.13 Å². The van der Waals surface area contributed by atoms with E-state index >= 15 is 0 Å². The van der Waals surface area contributed by atoms with Crippen molar-refractivity contribution in [2.45, 2.75) is 12.8 Å².